The average Bonchev–Trinajstić information content (AvgIpc) is 3.09. The van der Waals surface area contributed by atoms with Crippen molar-refractivity contribution in [1.29, 1.82) is 0 Å². The summed E-state index contributed by atoms with van der Waals surface area (Å²) in [4.78, 5) is 41.1. The normalized spacial score (nSPS) is 35.6. The number of esters is 1. The van der Waals surface area contributed by atoms with Gasteiger partial charge in [-0.05, 0) is 128 Å². The number of benzene rings is 2. The highest BCUT2D eigenvalue weighted by atomic mass is 16.5. The summed E-state index contributed by atoms with van der Waals surface area (Å²) in [6, 6.07) is 8.05. The Bertz CT molecular complexity index is 1990. The van der Waals surface area contributed by atoms with Crippen molar-refractivity contribution in [3.05, 3.63) is 58.7 Å². The molecule has 3 aromatic rings. The number of carbonyl (C=O) groups excluding carboxylic acids is 2. The summed E-state index contributed by atoms with van der Waals surface area (Å²) >= 11 is 0. The van der Waals surface area contributed by atoms with Crippen molar-refractivity contribution in [2.75, 3.05) is 40.3 Å². The lowest BCUT2D eigenvalue weighted by atomic mass is 9.33. The zero-order valence-electron chi connectivity index (χ0n) is 30.7. The molecule has 1 amide bonds. The molecule has 258 valence electrons. The number of aromatic nitrogens is 2. The Morgan fingerprint density at radius 2 is 1.63 bits per heavy atom. The summed E-state index contributed by atoms with van der Waals surface area (Å²) in [5.41, 5.74) is 8.68. The molecule has 2 aromatic carbocycles. The van der Waals surface area contributed by atoms with Crippen LogP contribution in [-0.4, -0.2) is 72.0 Å². The van der Waals surface area contributed by atoms with E-state index in [9.17, 15) is 9.59 Å². The number of carbonyl (C=O) groups is 2. The molecule has 0 spiro atoms. The van der Waals surface area contributed by atoms with Gasteiger partial charge in [0.1, 0.15) is 0 Å². The van der Waals surface area contributed by atoms with Gasteiger partial charge < -0.3 is 14.5 Å². The first-order valence-corrected chi connectivity index (χ1v) is 18.4. The maximum atomic E-state index is 13.4. The van der Waals surface area contributed by atoms with Crippen LogP contribution < -0.4 is 0 Å². The zero-order valence-corrected chi connectivity index (χ0v) is 30.7. The number of methoxy groups -OCH3 is 1. The Hall–Kier alpha value is -3.58. The van der Waals surface area contributed by atoms with E-state index in [1.807, 2.05) is 23.1 Å². The van der Waals surface area contributed by atoms with Crippen molar-refractivity contribution >= 4 is 45.6 Å². The molecule has 8 rings (SSSR count). The first-order valence-electron chi connectivity index (χ1n) is 18.4. The van der Waals surface area contributed by atoms with Crippen molar-refractivity contribution < 1.29 is 14.3 Å². The van der Waals surface area contributed by atoms with Gasteiger partial charge in [0.25, 0.3) is 5.91 Å². The third-order valence-corrected chi connectivity index (χ3v) is 15.0. The Morgan fingerprint density at radius 1 is 0.898 bits per heavy atom. The molecule has 2 heterocycles. The molecule has 2 saturated carbocycles. The van der Waals surface area contributed by atoms with Gasteiger partial charge in [0, 0.05) is 37.2 Å². The summed E-state index contributed by atoms with van der Waals surface area (Å²) in [5.74, 6) is 0.429. The number of hydrogen-bond donors (Lipinski definition) is 0. The zero-order chi connectivity index (χ0) is 34.7. The molecule has 4 aliphatic carbocycles. The van der Waals surface area contributed by atoms with Crippen LogP contribution in [0.2, 0.25) is 0 Å². The van der Waals surface area contributed by atoms with Gasteiger partial charge in [-0.25, -0.2) is 9.97 Å². The maximum Gasteiger partial charge on any atom is 0.311 e. The minimum Gasteiger partial charge on any atom is -0.469 e. The molecule has 0 unspecified atom stereocenters. The van der Waals surface area contributed by atoms with E-state index in [0.717, 1.165) is 85.9 Å². The molecule has 0 N–H and O–H groups in total. The van der Waals surface area contributed by atoms with E-state index in [0.29, 0.717) is 11.5 Å². The topological polar surface area (TPSA) is 75.6 Å². The van der Waals surface area contributed by atoms with Crippen molar-refractivity contribution in [3.63, 3.8) is 0 Å². The lowest BCUT2D eigenvalue weighted by Crippen LogP contribution is -2.63. The fraction of sp³-hybridized carbons (Fsp3) is 0.571. The van der Waals surface area contributed by atoms with Crippen LogP contribution in [0.5, 0.6) is 0 Å². The molecule has 5 aliphatic rings. The highest BCUT2D eigenvalue weighted by Crippen LogP contribution is 2.76. The Morgan fingerprint density at radius 3 is 2.37 bits per heavy atom. The van der Waals surface area contributed by atoms with Gasteiger partial charge in [0.05, 0.1) is 34.6 Å². The molecule has 7 nitrogen and oxygen atoms in total. The number of piperazine rings is 1. The minimum absolute atomic E-state index is 0.00668. The second-order valence-electron chi connectivity index (χ2n) is 17.4. The van der Waals surface area contributed by atoms with Gasteiger partial charge in [0.15, 0.2) is 0 Å². The smallest absolute Gasteiger partial charge is 0.311 e. The standard InChI is InChI=1S/C42H52N4O3/c1-26-28-11-13-40(4)30(12-14-41(5)34-25-39(3,37(48)49-8)16-15-38(34,2)17-18-42(40,41)6)29(28)24-33-35(26)44-31-10-9-27(23-32(31)43-33)36(47)46-21-19-45(7)20-22-46/h9-13,23-24,34H,14-22,25H2,1-8H3/t34-,38-,39-,40-,41+,42-/m1/s1. The number of ether oxygens (including phenoxy) is 1. The predicted molar refractivity (Wildman–Crippen MR) is 196 cm³/mol. The Labute approximate surface area is 291 Å². The summed E-state index contributed by atoms with van der Waals surface area (Å²) in [6.07, 6.45) is 13.5. The molecule has 0 bridgehead atoms. The molecular weight excluding hydrogens is 608 g/mol. The first-order chi connectivity index (χ1) is 23.2. The minimum atomic E-state index is -0.438. The third kappa shape index (κ3) is 4.42. The van der Waals surface area contributed by atoms with E-state index < -0.39 is 5.41 Å². The summed E-state index contributed by atoms with van der Waals surface area (Å²) in [7, 11) is 3.64. The van der Waals surface area contributed by atoms with Gasteiger partial charge in [-0.15, -0.1) is 0 Å². The van der Waals surface area contributed by atoms with Gasteiger partial charge in [-0.3, -0.25) is 9.59 Å². The van der Waals surface area contributed by atoms with Crippen LogP contribution in [0.1, 0.15) is 100 Å². The second kappa shape index (κ2) is 10.7. The molecule has 3 fully saturated rings. The molecule has 1 saturated heterocycles. The van der Waals surface area contributed by atoms with E-state index in [-0.39, 0.29) is 33.5 Å². The largest absolute Gasteiger partial charge is 0.469 e. The summed E-state index contributed by atoms with van der Waals surface area (Å²) < 4.78 is 5.37. The van der Waals surface area contributed by atoms with E-state index in [1.54, 1.807) is 7.11 Å². The fourth-order valence-corrected chi connectivity index (χ4v) is 11.2. The van der Waals surface area contributed by atoms with Gasteiger partial charge in [-0.2, -0.15) is 0 Å². The van der Waals surface area contributed by atoms with Gasteiger partial charge in [0.2, 0.25) is 0 Å². The number of amides is 1. The molecular formula is C42H52N4O3. The number of aryl methyl sites for hydroxylation is 1. The highest BCUT2D eigenvalue weighted by molar-refractivity contribution is 6.00. The van der Waals surface area contributed by atoms with Crippen LogP contribution in [0.4, 0.5) is 0 Å². The molecule has 7 heteroatoms. The number of nitrogens with zero attached hydrogens (tertiary/aromatic N) is 4. The summed E-state index contributed by atoms with van der Waals surface area (Å²) in [5, 5.41) is 0. The Kier molecular flexibility index (Phi) is 7.13. The number of hydrogen-bond acceptors (Lipinski definition) is 6. The van der Waals surface area contributed by atoms with Crippen molar-refractivity contribution in [1.82, 2.24) is 19.8 Å². The van der Waals surface area contributed by atoms with E-state index in [2.05, 4.69) is 77.8 Å². The van der Waals surface area contributed by atoms with Crippen LogP contribution in [-0.2, 0) is 9.53 Å². The molecule has 6 atom stereocenters. The summed E-state index contributed by atoms with van der Waals surface area (Å²) in [6.45, 7) is 17.6. The van der Waals surface area contributed by atoms with E-state index in [1.165, 1.54) is 23.1 Å². The number of fused-ring (bicyclic) bond motifs is 9. The monoisotopic (exact) mass is 660 g/mol. The SMILES string of the molecule is COC(=O)[C@]1(C)CC[C@]2(C)CC[C@@]3(C)[C@@](C)(CC=C4c5cc6nc7cc(C(=O)N8CCN(C)CC8)ccc7nc6c(C)c5C=C[C@]43C)[C@@H]2C1. The quantitative estimate of drug-likeness (QED) is 0.204. The van der Waals surface area contributed by atoms with E-state index in [4.69, 9.17) is 14.7 Å². The first kappa shape index (κ1) is 32.6. The van der Waals surface area contributed by atoms with Gasteiger partial charge in [-0.1, -0.05) is 45.9 Å². The van der Waals surface area contributed by atoms with Crippen molar-refractivity contribution in [3.8, 4) is 0 Å². The van der Waals surface area contributed by atoms with Crippen LogP contribution in [0.3, 0.4) is 0 Å². The van der Waals surface area contributed by atoms with Crippen LogP contribution in [0.25, 0.3) is 33.7 Å². The van der Waals surface area contributed by atoms with Crippen LogP contribution in [0.15, 0.2) is 36.4 Å². The fourth-order valence-electron chi connectivity index (χ4n) is 11.2. The lowest BCUT2D eigenvalue weighted by Gasteiger charge is -2.70. The average molecular weight is 661 g/mol. The predicted octanol–water partition coefficient (Wildman–Crippen LogP) is 8.09. The molecule has 1 aromatic heterocycles. The maximum absolute atomic E-state index is 13.4. The second-order valence-corrected chi connectivity index (χ2v) is 17.4. The number of allylic oxidation sites excluding steroid dienone is 3. The van der Waals surface area contributed by atoms with Gasteiger partial charge >= 0.3 is 5.97 Å². The van der Waals surface area contributed by atoms with E-state index >= 15 is 0 Å². The molecule has 0 radical (unpaired) electrons. The molecule has 1 aliphatic heterocycles. The highest BCUT2D eigenvalue weighted by Gasteiger charge is 2.68. The van der Waals surface area contributed by atoms with Crippen molar-refractivity contribution in [2.45, 2.75) is 80.1 Å². The van der Waals surface area contributed by atoms with Crippen molar-refractivity contribution in [2.24, 2.45) is 33.0 Å². The molecule has 49 heavy (non-hydrogen) atoms. The van der Waals surface area contributed by atoms with Crippen LogP contribution in [0, 0.1) is 39.9 Å². The van der Waals surface area contributed by atoms with Crippen LogP contribution >= 0.6 is 0 Å². The third-order valence-electron chi connectivity index (χ3n) is 15.0. The lowest BCUT2D eigenvalue weighted by molar-refractivity contribution is -0.190. The number of likely N-dealkylation sites (N-methyl/N-ethyl adjacent to an activating group) is 1. The Balaban J connectivity index is 1.21. The number of rotatable bonds is 2.